The van der Waals surface area contributed by atoms with E-state index in [9.17, 15) is 0 Å². The normalized spacial score (nSPS) is 26.3. The van der Waals surface area contributed by atoms with Crippen LogP contribution in [0.15, 0.2) is 12.2 Å². The molecule has 0 aromatic heterocycles. The van der Waals surface area contributed by atoms with Gasteiger partial charge in [0, 0.05) is 19.6 Å². The summed E-state index contributed by atoms with van der Waals surface area (Å²) >= 11 is 0. The van der Waals surface area contributed by atoms with E-state index in [4.69, 9.17) is 9.84 Å². The first-order valence-corrected chi connectivity index (χ1v) is 3.82. The third-order valence-electron chi connectivity index (χ3n) is 1.61. The van der Waals surface area contributed by atoms with Crippen LogP contribution >= 0.6 is 0 Å². The standard InChI is InChI=1S/C8H14O2/c9-6-5-8-4-2-1-3-7-10-8/h2,4,8-9H,1,3,5-7H2/t8-/m0/s1. The number of allylic oxidation sites excluding steroid dienone is 1. The maximum atomic E-state index is 8.60. The minimum Gasteiger partial charge on any atom is -0.396 e. The van der Waals surface area contributed by atoms with Gasteiger partial charge >= 0.3 is 0 Å². The van der Waals surface area contributed by atoms with Gasteiger partial charge in [-0.1, -0.05) is 12.2 Å². The van der Waals surface area contributed by atoms with Crippen molar-refractivity contribution in [1.82, 2.24) is 0 Å². The van der Waals surface area contributed by atoms with Crippen LogP contribution in [0.3, 0.4) is 0 Å². The van der Waals surface area contributed by atoms with Crippen LogP contribution in [0.25, 0.3) is 0 Å². The van der Waals surface area contributed by atoms with Crippen molar-refractivity contribution in [2.24, 2.45) is 0 Å². The average molecular weight is 142 g/mol. The quantitative estimate of drug-likeness (QED) is 0.585. The Morgan fingerprint density at radius 2 is 2.50 bits per heavy atom. The molecule has 1 aliphatic rings. The minimum absolute atomic E-state index is 0.160. The molecule has 0 aromatic carbocycles. The Hall–Kier alpha value is -0.340. The van der Waals surface area contributed by atoms with Gasteiger partial charge in [0.1, 0.15) is 0 Å². The van der Waals surface area contributed by atoms with Gasteiger partial charge in [-0.15, -0.1) is 0 Å². The predicted molar refractivity (Wildman–Crippen MR) is 39.8 cm³/mol. The summed E-state index contributed by atoms with van der Waals surface area (Å²) < 4.78 is 5.40. The third kappa shape index (κ3) is 2.50. The fourth-order valence-electron chi connectivity index (χ4n) is 1.05. The average Bonchev–Trinajstić information content (AvgIpc) is 2.17. The van der Waals surface area contributed by atoms with E-state index < -0.39 is 0 Å². The van der Waals surface area contributed by atoms with E-state index in [2.05, 4.69) is 6.08 Å². The molecule has 1 heterocycles. The van der Waals surface area contributed by atoms with Gasteiger partial charge in [0.15, 0.2) is 0 Å². The van der Waals surface area contributed by atoms with Crippen molar-refractivity contribution in [3.8, 4) is 0 Å². The summed E-state index contributed by atoms with van der Waals surface area (Å²) in [5.41, 5.74) is 0. The minimum atomic E-state index is 0.160. The van der Waals surface area contributed by atoms with Gasteiger partial charge in [0.2, 0.25) is 0 Å². The van der Waals surface area contributed by atoms with Crippen LogP contribution < -0.4 is 0 Å². The Morgan fingerprint density at radius 3 is 3.30 bits per heavy atom. The van der Waals surface area contributed by atoms with Crippen molar-refractivity contribution in [2.45, 2.75) is 25.4 Å². The molecule has 0 radical (unpaired) electrons. The maximum Gasteiger partial charge on any atom is 0.0777 e. The maximum absolute atomic E-state index is 8.60. The summed E-state index contributed by atoms with van der Waals surface area (Å²) in [6.45, 7) is 1.05. The second-order valence-corrected chi connectivity index (χ2v) is 2.49. The first-order chi connectivity index (χ1) is 4.93. The molecule has 0 amide bonds. The molecule has 1 N–H and O–H groups in total. The van der Waals surface area contributed by atoms with Gasteiger partial charge in [-0.2, -0.15) is 0 Å². The van der Waals surface area contributed by atoms with Crippen LogP contribution in [-0.2, 0) is 4.74 Å². The zero-order valence-electron chi connectivity index (χ0n) is 6.12. The summed E-state index contributed by atoms with van der Waals surface area (Å²) in [6, 6.07) is 0. The van der Waals surface area contributed by atoms with E-state index in [1.165, 1.54) is 0 Å². The highest BCUT2D eigenvalue weighted by molar-refractivity contribution is 4.91. The van der Waals surface area contributed by atoms with Crippen LogP contribution in [-0.4, -0.2) is 24.4 Å². The zero-order chi connectivity index (χ0) is 7.23. The lowest BCUT2D eigenvalue weighted by Gasteiger charge is -2.09. The van der Waals surface area contributed by atoms with Crippen LogP contribution in [0.2, 0.25) is 0 Å². The van der Waals surface area contributed by atoms with Crippen molar-refractivity contribution in [3.63, 3.8) is 0 Å². The number of ether oxygens (including phenoxy) is 1. The lowest BCUT2D eigenvalue weighted by atomic mass is 10.2. The molecule has 0 unspecified atom stereocenters. The molecule has 2 heteroatoms. The molecule has 0 saturated heterocycles. The molecule has 0 aliphatic carbocycles. The molecule has 1 rings (SSSR count). The van der Waals surface area contributed by atoms with Crippen LogP contribution in [0.4, 0.5) is 0 Å². The Bertz CT molecular complexity index is 110. The summed E-state index contributed by atoms with van der Waals surface area (Å²) in [6.07, 6.45) is 7.29. The van der Waals surface area contributed by atoms with Crippen LogP contribution in [0.1, 0.15) is 19.3 Å². The molecule has 1 atom stereocenters. The van der Waals surface area contributed by atoms with Crippen molar-refractivity contribution in [2.75, 3.05) is 13.2 Å². The van der Waals surface area contributed by atoms with Crippen LogP contribution in [0.5, 0.6) is 0 Å². The molecule has 0 bridgehead atoms. The van der Waals surface area contributed by atoms with E-state index in [-0.39, 0.29) is 12.7 Å². The van der Waals surface area contributed by atoms with Gasteiger partial charge in [-0.3, -0.25) is 0 Å². The van der Waals surface area contributed by atoms with Gasteiger partial charge in [0.05, 0.1) is 6.10 Å². The Kier molecular flexibility index (Phi) is 3.47. The van der Waals surface area contributed by atoms with E-state index in [0.29, 0.717) is 0 Å². The van der Waals surface area contributed by atoms with Gasteiger partial charge in [0.25, 0.3) is 0 Å². The highest BCUT2D eigenvalue weighted by Gasteiger charge is 2.05. The van der Waals surface area contributed by atoms with E-state index in [1.807, 2.05) is 6.08 Å². The first kappa shape index (κ1) is 7.76. The summed E-state index contributed by atoms with van der Waals surface area (Å²) in [5.74, 6) is 0. The van der Waals surface area contributed by atoms with Crippen molar-refractivity contribution in [1.29, 1.82) is 0 Å². The molecular weight excluding hydrogens is 128 g/mol. The fourth-order valence-corrected chi connectivity index (χ4v) is 1.05. The fraction of sp³-hybridized carbons (Fsp3) is 0.750. The molecule has 0 spiro atoms. The third-order valence-corrected chi connectivity index (χ3v) is 1.61. The predicted octanol–water partition coefficient (Wildman–Crippen LogP) is 1.10. The highest BCUT2D eigenvalue weighted by Crippen LogP contribution is 2.07. The first-order valence-electron chi connectivity index (χ1n) is 3.82. The van der Waals surface area contributed by atoms with Crippen molar-refractivity contribution in [3.05, 3.63) is 12.2 Å². The molecule has 0 saturated carbocycles. The molecule has 0 fully saturated rings. The van der Waals surface area contributed by atoms with Crippen molar-refractivity contribution >= 4 is 0 Å². The van der Waals surface area contributed by atoms with Gasteiger partial charge in [-0.05, 0) is 12.8 Å². The summed E-state index contributed by atoms with van der Waals surface area (Å²) in [5, 5.41) is 8.60. The monoisotopic (exact) mass is 142 g/mol. The molecule has 1 aliphatic heterocycles. The lowest BCUT2D eigenvalue weighted by Crippen LogP contribution is -2.10. The number of hydrogen-bond donors (Lipinski definition) is 1. The summed E-state index contributed by atoms with van der Waals surface area (Å²) in [4.78, 5) is 0. The summed E-state index contributed by atoms with van der Waals surface area (Å²) in [7, 11) is 0. The SMILES string of the molecule is OCC[C@@H]1C=CCCCO1. The number of aliphatic hydroxyl groups excluding tert-OH is 1. The van der Waals surface area contributed by atoms with Gasteiger partial charge in [-0.25, -0.2) is 0 Å². The van der Waals surface area contributed by atoms with E-state index in [1.54, 1.807) is 0 Å². The van der Waals surface area contributed by atoms with E-state index in [0.717, 1.165) is 25.9 Å². The Labute approximate surface area is 61.5 Å². The molecule has 0 aromatic rings. The second-order valence-electron chi connectivity index (χ2n) is 2.49. The second kappa shape index (κ2) is 4.47. The van der Waals surface area contributed by atoms with E-state index >= 15 is 0 Å². The molecular formula is C8H14O2. The zero-order valence-corrected chi connectivity index (χ0v) is 6.12. The van der Waals surface area contributed by atoms with Gasteiger partial charge < -0.3 is 9.84 Å². The van der Waals surface area contributed by atoms with Crippen LogP contribution in [0, 0.1) is 0 Å². The Morgan fingerprint density at radius 1 is 1.60 bits per heavy atom. The highest BCUT2D eigenvalue weighted by atomic mass is 16.5. The van der Waals surface area contributed by atoms with Crippen molar-refractivity contribution < 1.29 is 9.84 Å². The number of aliphatic hydroxyl groups is 1. The molecule has 2 nitrogen and oxygen atoms in total. The number of hydrogen-bond acceptors (Lipinski definition) is 2. The topological polar surface area (TPSA) is 29.5 Å². The molecule has 58 valence electrons. The number of rotatable bonds is 2. The Balaban J connectivity index is 2.27. The largest absolute Gasteiger partial charge is 0.396 e. The molecule has 10 heavy (non-hydrogen) atoms. The lowest BCUT2D eigenvalue weighted by molar-refractivity contribution is 0.0690. The smallest absolute Gasteiger partial charge is 0.0777 e.